The van der Waals surface area contributed by atoms with Crippen LogP contribution in [0.15, 0.2) is 0 Å². The average molecular weight is 278 g/mol. The maximum Gasteiger partial charge on any atom is 0.225 e. The quantitative estimate of drug-likeness (QED) is 0.857. The lowest BCUT2D eigenvalue weighted by molar-refractivity contribution is -0.133. The number of nitrogens with zero attached hydrogens (tertiary/aromatic N) is 1. The molecular weight excluding hydrogens is 248 g/mol. The minimum atomic E-state index is 0.392. The van der Waals surface area contributed by atoms with Gasteiger partial charge in [0, 0.05) is 25.0 Å². The fraction of sp³-hybridized carbons (Fsp3) is 0.941. The molecule has 3 aliphatic rings. The Kier molecular flexibility index (Phi) is 4.65. The summed E-state index contributed by atoms with van der Waals surface area (Å²) in [4.78, 5) is 14.1. The number of carbonyl (C=O) groups excluding carboxylic acids is 1. The molecule has 0 radical (unpaired) electrons. The van der Waals surface area contributed by atoms with Crippen LogP contribution in [-0.4, -0.2) is 36.5 Å². The Morgan fingerprint density at radius 2 is 1.65 bits per heavy atom. The molecule has 0 spiro atoms. The Hall–Kier alpha value is -0.570. The minimum absolute atomic E-state index is 0.392. The van der Waals surface area contributed by atoms with Gasteiger partial charge < -0.3 is 10.2 Å². The number of nitrogens with one attached hydrogen (secondary N) is 1. The number of hydrogen-bond acceptors (Lipinski definition) is 2. The summed E-state index contributed by atoms with van der Waals surface area (Å²) in [6.07, 6.45) is 10.2. The summed E-state index contributed by atoms with van der Waals surface area (Å²) in [6.45, 7) is 5.55. The first-order valence-corrected chi connectivity index (χ1v) is 8.74. The van der Waals surface area contributed by atoms with Crippen LogP contribution in [0.3, 0.4) is 0 Å². The van der Waals surface area contributed by atoms with Crippen LogP contribution < -0.4 is 5.32 Å². The van der Waals surface area contributed by atoms with Gasteiger partial charge in [0.15, 0.2) is 0 Å². The van der Waals surface area contributed by atoms with Gasteiger partial charge in [-0.15, -0.1) is 0 Å². The molecule has 1 heterocycles. The Balaban J connectivity index is 1.33. The fourth-order valence-corrected chi connectivity index (χ4v) is 3.76. The van der Waals surface area contributed by atoms with E-state index in [1.807, 2.05) is 0 Å². The van der Waals surface area contributed by atoms with E-state index < -0.39 is 0 Å². The normalized spacial score (nSPS) is 32.4. The highest BCUT2D eigenvalue weighted by atomic mass is 16.2. The molecule has 0 aromatic rings. The summed E-state index contributed by atoms with van der Waals surface area (Å²) < 4.78 is 0. The highest BCUT2D eigenvalue weighted by Crippen LogP contribution is 2.32. The smallest absolute Gasteiger partial charge is 0.225 e. The molecule has 1 amide bonds. The highest BCUT2D eigenvalue weighted by molar-refractivity contribution is 5.81. The molecule has 1 aliphatic heterocycles. The van der Waals surface area contributed by atoms with Gasteiger partial charge in [-0.1, -0.05) is 19.8 Å². The lowest BCUT2D eigenvalue weighted by Crippen LogP contribution is -2.46. The van der Waals surface area contributed by atoms with Crippen LogP contribution in [0, 0.1) is 17.8 Å². The van der Waals surface area contributed by atoms with Crippen molar-refractivity contribution in [1.29, 1.82) is 0 Å². The van der Waals surface area contributed by atoms with Gasteiger partial charge >= 0.3 is 0 Å². The van der Waals surface area contributed by atoms with Crippen molar-refractivity contribution in [3.63, 3.8) is 0 Å². The van der Waals surface area contributed by atoms with E-state index >= 15 is 0 Å². The zero-order valence-electron chi connectivity index (χ0n) is 12.9. The number of carbonyl (C=O) groups is 1. The predicted molar refractivity (Wildman–Crippen MR) is 81.5 cm³/mol. The van der Waals surface area contributed by atoms with E-state index in [-0.39, 0.29) is 0 Å². The number of rotatable bonds is 4. The van der Waals surface area contributed by atoms with Crippen molar-refractivity contribution in [2.24, 2.45) is 17.8 Å². The molecule has 3 fully saturated rings. The van der Waals surface area contributed by atoms with Crippen LogP contribution in [0.25, 0.3) is 0 Å². The molecule has 3 rings (SSSR count). The molecule has 3 nitrogen and oxygen atoms in total. The van der Waals surface area contributed by atoms with Crippen LogP contribution in [0.1, 0.15) is 58.3 Å². The van der Waals surface area contributed by atoms with Crippen LogP contribution in [-0.2, 0) is 4.79 Å². The molecule has 0 aromatic carbocycles. The first kappa shape index (κ1) is 14.4. The van der Waals surface area contributed by atoms with Gasteiger partial charge in [-0.3, -0.25) is 4.79 Å². The van der Waals surface area contributed by atoms with Crippen molar-refractivity contribution in [2.75, 3.05) is 19.6 Å². The van der Waals surface area contributed by atoms with Gasteiger partial charge in [-0.05, 0) is 56.9 Å². The second-order valence-electron chi connectivity index (χ2n) is 7.41. The van der Waals surface area contributed by atoms with Crippen molar-refractivity contribution in [1.82, 2.24) is 10.2 Å². The molecular formula is C17H30N2O. The van der Waals surface area contributed by atoms with Crippen LogP contribution in [0.2, 0.25) is 0 Å². The monoisotopic (exact) mass is 278 g/mol. The molecule has 0 bridgehead atoms. The molecule has 1 N–H and O–H groups in total. The third kappa shape index (κ3) is 3.75. The molecule has 2 saturated carbocycles. The lowest BCUT2D eigenvalue weighted by Gasteiger charge is -2.34. The molecule has 114 valence electrons. The summed E-state index contributed by atoms with van der Waals surface area (Å²) in [5.74, 6) is 2.67. The third-order valence-corrected chi connectivity index (χ3v) is 5.56. The lowest BCUT2D eigenvalue weighted by atomic mass is 9.83. The Bertz CT molecular complexity index is 324. The molecule has 1 saturated heterocycles. The van der Waals surface area contributed by atoms with Gasteiger partial charge in [-0.2, -0.15) is 0 Å². The number of amides is 1. The Morgan fingerprint density at radius 3 is 2.25 bits per heavy atom. The third-order valence-electron chi connectivity index (χ3n) is 5.56. The van der Waals surface area contributed by atoms with Crippen molar-refractivity contribution >= 4 is 5.91 Å². The summed E-state index contributed by atoms with van der Waals surface area (Å²) in [5.41, 5.74) is 0. The molecule has 0 atom stereocenters. The molecule has 0 aromatic heterocycles. The van der Waals surface area contributed by atoms with Crippen molar-refractivity contribution in [3.05, 3.63) is 0 Å². The zero-order valence-corrected chi connectivity index (χ0v) is 12.9. The standard InChI is InChI=1S/C17H30N2O/c1-13-2-4-14(5-3-13)12-18-16-8-10-19(11-9-16)17(20)15-6-7-15/h13-16,18H,2-12H2,1H3. The summed E-state index contributed by atoms with van der Waals surface area (Å²) in [6, 6.07) is 0.651. The van der Waals surface area contributed by atoms with E-state index in [4.69, 9.17) is 0 Å². The van der Waals surface area contributed by atoms with Crippen LogP contribution in [0.5, 0.6) is 0 Å². The first-order chi connectivity index (χ1) is 9.72. The summed E-state index contributed by atoms with van der Waals surface area (Å²) in [7, 11) is 0. The minimum Gasteiger partial charge on any atom is -0.342 e. The number of likely N-dealkylation sites (tertiary alicyclic amines) is 1. The van der Waals surface area contributed by atoms with E-state index in [1.54, 1.807) is 0 Å². The number of piperidine rings is 1. The van der Waals surface area contributed by atoms with Gasteiger partial charge in [0.25, 0.3) is 0 Å². The zero-order chi connectivity index (χ0) is 13.9. The SMILES string of the molecule is CC1CCC(CNC2CCN(C(=O)C3CC3)CC2)CC1. The molecule has 2 aliphatic carbocycles. The summed E-state index contributed by atoms with van der Waals surface area (Å²) >= 11 is 0. The van der Waals surface area contributed by atoms with Gasteiger partial charge in [0.1, 0.15) is 0 Å². The van der Waals surface area contributed by atoms with Crippen molar-refractivity contribution in [2.45, 2.75) is 64.3 Å². The van der Waals surface area contributed by atoms with Crippen LogP contribution >= 0.6 is 0 Å². The maximum atomic E-state index is 12.0. The second kappa shape index (κ2) is 6.46. The highest BCUT2D eigenvalue weighted by Gasteiger charge is 2.34. The fourth-order valence-electron chi connectivity index (χ4n) is 3.76. The number of hydrogen-bond donors (Lipinski definition) is 1. The topological polar surface area (TPSA) is 32.3 Å². The largest absolute Gasteiger partial charge is 0.342 e. The van der Waals surface area contributed by atoms with Gasteiger partial charge in [0.2, 0.25) is 5.91 Å². The van der Waals surface area contributed by atoms with Gasteiger partial charge in [0.05, 0.1) is 0 Å². The summed E-state index contributed by atoms with van der Waals surface area (Å²) in [5, 5.41) is 3.77. The average Bonchev–Trinajstić information content (AvgIpc) is 3.31. The molecule has 0 unspecified atom stereocenters. The van der Waals surface area contributed by atoms with E-state index in [2.05, 4.69) is 17.1 Å². The predicted octanol–water partition coefficient (Wildman–Crippen LogP) is 2.80. The van der Waals surface area contributed by atoms with Crippen LogP contribution in [0.4, 0.5) is 0 Å². The van der Waals surface area contributed by atoms with Crippen molar-refractivity contribution < 1.29 is 4.79 Å². The van der Waals surface area contributed by atoms with E-state index in [0.717, 1.165) is 50.6 Å². The molecule has 3 heteroatoms. The van der Waals surface area contributed by atoms with Crippen molar-refractivity contribution in [3.8, 4) is 0 Å². The van der Waals surface area contributed by atoms with Gasteiger partial charge in [-0.25, -0.2) is 0 Å². The van der Waals surface area contributed by atoms with E-state index in [1.165, 1.54) is 32.2 Å². The Labute approximate surface area is 123 Å². The van der Waals surface area contributed by atoms with E-state index in [9.17, 15) is 4.79 Å². The second-order valence-corrected chi connectivity index (χ2v) is 7.41. The molecule has 20 heavy (non-hydrogen) atoms. The first-order valence-electron chi connectivity index (χ1n) is 8.74. The van der Waals surface area contributed by atoms with E-state index in [0.29, 0.717) is 17.9 Å². The Morgan fingerprint density at radius 1 is 1.00 bits per heavy atom. The maximum absolute atomic E-state index is 12.0.